The molecule has 0 saturated heterocycles. The summed E-state index contributed by atoms with van der Waals surface area (Å²) in [4.78, 5) is 3.17. The van der Waals surface area contributed by atoms with Crippen LogP contribution in [0.3, 0.4) is 0 Å². The molecule has 0 unspecified atom stereocenters. The number of alkyl halides is 3. The lowest BCUT2D eigenvalue weighted by molar-refractivity contribution is -0.145. The predicted molar refractivity (Wildman–Crippen MR) is 39.9 cm³/mol. The van der Waals surface area contributed by atoms with Crippen LogP contribution in [-0.2, 0) is 12.7 Å². The lowest BCUT2D eigenvalue weighted by Gasteiger charge is -1.99. The van der Waals surface area contributed by atoms with Crippen LogP contribution in [0, 0.1) is 0 Å². The maximum Gasteiger partial charge on any atom is 0.453 e. The van der Waals surface area contributed by atoms with Gasteiger partial charge in [0.25, 0.3) is 5.82 Å². The van der Waals surface area contributed by atoms with Gasteiger partial charge < -0.3 is 0 Å². The van der Waals surface area contributed by atoms with Crippen LogP contribution in [0.2, 0.25) is 0 Å². The quantitative estimate of drug-likeness (QED) is 0.735. The van der Waals surface area contributed by atoms with Crippen molar-refractivity contribution in [3.8, 4) is 0 Å². The maximum absolute atomic E-state index is 12.0. The first kappa shape index (κ1) is 10.0. The summed E-state index contributed by atoms with van der Waals surface area (Å²) in [6, 6.07) is 0. The van der Waals surface area contributed by atoms with Crippen LogP contribution in [0.25, 0.3) is 0 Å². The molecule has 0 spiro atoms. The van der Waals surface area contributed by atoms with Gasteiger partial charge in [0.1, 0.15) is 6.33 Å². The molecule has 0 amide bonds. The normalized spacial score (nSPS) is 12.0. The Hall–Kier alpha value is -1.07. The van der Waals surface area contributed by atoms with Gasteiger partial charge in [0.2, 0.25) is 0 Å². The molecule has 1 rings (SSSR count). The molecule has 1 heterocycles. The molecule has 0 N–H and O–H groups in total. The topological polar surface area (TPSA) is 30.7 Å². The van der Waals surface area contributed by atoms with Gasteiger partial charge in [-0.1, -0.05) is 13.3 Å². The molecule has 0 aliphatic carbocycles. The van der Waals surface area contributed by atoms with E-state index < -0.39 is 12.0 Å². The number of nitrogens with zero attached hydrogens (tertiary/aromatic N) is 3. The van der Waals surface area contributed by atoms with Gasteiger partial charge in [0.15, 0.2) is 0 Å². The molecule has 0 fully saturated rings. The predicted octanol–water partition coefficient (Wildman–Crippen LogP) is 2.10. The Kier molecular flexibility index (Phi) is 2.90. The first-order valence-electron chi connectivity index (χ1n) is 4.00. The SMILES string of the molecule is CCCCn1cnc(C(F)(F)F)n1. The number of aromatic nitrogens is 3. The highest BCUT2D eigenvalue weighted by Crippen LogP contribution is 2.25. The number of hydrogen-bond donors (Lipinski definition) is 0. The zero-order valence-corrected chi connectivity index (χ0v) is 7.17. The Morgan fingerprint density at radius 2 is 2.15 bits per heavy atom. The molecule has 0 atom stereocenters. The van der Waals surface area contributed by atoms with E-state index in [9.17, 15) is 13.2 Å². The van der Waals surface area contributed by atoms with Gasteiger partial charge in [-0.15, -0.1) is 5.10 Å². The summed E-state index contributed by atoms with van der Waals surface area (Å²) in [6.45, 7) is 2.45. The van der Waals surface area contributed by atoms with Gasteiger partial charge in [-0.05, 0) is 6.42 Å². The van der Waals surface area contributed by atoms with E-state index in [0.717, 1.165) is 19.2 Å². The summed E-state index contributed by atoms with van der Waals surface area (Å²) in [5.74, 6) is -1.07. The van der Waals surface area contributed by atoms with E-state index in [2.05, 4.69) is 10.1 Å². The zero-order chi connectivity index (χ0) is 9.90. The average Bonchev–Trinajstić information content (AvgIpc) is 2.47. The molecule has 3 nitrogen and oxygen atoms in total. The smallest absolute Gasteiger partial charge is 0.252 e. The Morgan fingerprint density at radius 3 is 2.62 bits per heavy atom. The summed E-state index contributed by atoms with van der Waals surface area (Å²) >= 11 is 0. The molecule has 0 aromatic carbocycles. The Labute approximate surface area is 73.6 Å². The van der Waals surface area contributed by atoms with E-state index in [1.165, 1.54) is 4.68 Å². The molecule has 6 heteroatoms. The van der Waals surface area contributed by atoms with Crippen LogP contribution >= 0.6 is 0 Å². The Bertz CT molecular complexity index is 266. The minimum absolute atomic E-state index is 0.486. The molecule has 1 aromatic heterocycles. The number of aryl methyl sites for hydroxylation is 1. The number of halogens is 3. The summed E-state index contributed by atoms with van der Waals surface area (Å²) in [5.41, 5.74) is 0. The van der Waals surface area contributed by atoms with Crippen molar-refractivity contribution in [2.75, 3.05) is 0 Å². The second-order valence-electron chi connectivity index (χ2n) is 2.68. The maximum atomic E-state index is 12.0. The Morgan fingerprint density at radius 1 is 1.46 bits per heavy atom. The van der Waals surface area contributed by atoms with Crippen molar-refractivity contribution >= 4 is 0 Å². The molecular formula is C7H10F3N3. The highest BCUT2D eigenvalue weighted by Gasteiger charge is 2.35. The largest absolute Gasteiger partial charge is 0.453 e. The molecule has 74 valence electrons. The number of hydrogen-bond acceptors (Lipinski definition) is 2. The summed E-state index contributed by atoms with van der Waals surface area (Å²) < 4.78 is 37.2. The monoisotopic (exact) mass is 193 g/mol. The molecule has 0 aliphatic rings. The molecule has 0 aliphatic heterocycles. The van der Waals surface area contributed by atoms with E-state index in [0.29, 0.717) is 6.54 Å². The molecular weight excluding hydrogens is 183 g/mol. The van der Waals surface area contributed by atoms with Crippen LogP contribution in [0.5, 0.6) is 0 Å². The van der Waals surface area contributed by atoms with Crippen molar-refractivity contribution in [2.24, 2.45) is 0 Å². The van der Waals surface area contributed by atoms with Crippen LogP contribution in [-0.4, -0.2) is 14.8 Å². The third kappa shape index (κ3) is 2.71. The fourth-order valence-corrected chi connectivity index (χ4v) is 0.852. The molecule has 0 bridgehead atoms. The third-order valence-corrected chi connectivity index (χ3v) is 1.53. The van der Waals surface area contributed by atoms with E-state index in [1.54, 1.807) is 0 Å². The van der Waals surface area contributed by atoms with Crippen molar-refractivity contribution in [2.45, 2.75) is 32.5 Å². The summed E-state index contributed by atoms with van der Waals surface area (Å²) in [7, 11) is 0. The van der Waals surface area contributed by atoms with Gasteiger partial charge in [-0.3, -0.25) is 4.68 Å². The first-order chi connectivity index (χ1) is 6.04. The lowest BCUT2D eigenvalue weighted by atomic mass is 10.3. The summed E-state index contributed by atoms with van der Waals surface area (Å²) in [5, 5.41) is 3.30. The number of unbranched alkanes of at least 4 members (excludes halogenated alkanes) is 1. The van der Waals surface area contributed by atoms with Crippen molar-refractivity contribution in [1.29, 1.82) is 0 Å². The fraction of sp³-hybridized carbons (Fsp3) is 0.714. The zero-order valence-electron chi connectivity index (χ0n) is 7.17. The summed E-state index contributed by atoms with van der Waals surface area (Å²) in [6.07, 6.45) is -1.60. The van der Waals surface area contributed by atoms with E-state index in [-0.39, 0.29) is 0 Å². The molecule has 1 aromatic rings. The van der Waals surface area contributed by atoms with Gasteiger partial charge in [0, 0.05) is 6.54 Å². The second-order valence-corrected chi connectivity index (χ2v) is 2.68. The van der Waals surface area contributed by atoms with E-state index in [4.69, 9.17) is 0 Å². The third-order valence-electron chi connectivity index (χ3n) is 1.53. The first-order valence-corrected chi connectivity index (χ1v) is 4.00. The van der Waals surface area contributed by atoms with Crippen molar-refractivity contribution < 1.29 is 13.2 Å². The van der Waals surface area contributed by atoms with Crippen molar-refractivity contribution in [3.05, 3.63) is 12.2 Å². The molecule has 0 radical (unpaired) electrons. The van der Waals surface area contributed by atoms with Crippen LogP contribution in [0.4, 0.5) is 13.2 Å². The molecule has 0 saturated carbocycles. The minimum Gasteiger partial charge on any atom is -0.252 e. The fourth-order valence-electron chi connectivity index (χ4n) is 0.852. The van der Waals surface area contributed by atoms with Gasteiger partial charge >= 0.3 is 6.18 Å². The minimum atomic E-state index is -4.43. The van der Waals surface area contributed by atoms with Crippen molar-refractivity contribution in [1.82, 2.24) is 14.8 Å². The number of rotatable bonds is 3. The Balaban J connectivity index is 2.64. The van der Waals surface area contributed by atoms with Crippen molar-refractivity contribution in [3.63, 3.8) is 0 Å². The average molecular weight is 193 g/mol. The highest BCUT2D eigenvalue weighted by molar-refractivity contribution is 4.87. The van der Waals surface area contributed by atoms with E-state index >= 15 is 0 Å². The van der Waals surface area contributed by atoms with Crippen LogP contribution < -0.4 is 0 Å². The molecule has 13 heavy (non-hydrogen) atoms. The second kappa shape index (κ2) is 3.76. The lowest BCUT2D eigenvalue weighted by Crippen LogP contribution is -2.09. The van der Waals surface area contributed by atoms with E-state index in [1.807, 2.05) is 6.92 Å². The van der Waals surface area contributed by atoms with Gasteiger partial charge in [-0.2, -0.15) is 13.2 Å². The highest BCUT2D eigenvalue weighted by atomic mass is 19.4. The van der Waals surface area contributed by atoms with Crippen LogP contribution in [0.15, 0.2) is 6.33 Å². The van der Waals surface area contributed by atoms with Crippen LogP contribution in [0.1, 0.15) is 25.6 Å². The standard InChI is InChI=1S/C7H10F3N3/c1-2-3-4-13-5-11-6(12-13)7(8,9)10/h5H,2-4H2,1H3. The van der Waals surface area contributed by atoms with Gasteiger partial charge in [-0.25, -0.2) is 4.98 Å². The van der Waals surface area contributed by atoms with Gasteiger partial charge in [0.05, 0.1) is 0 Å².